The minimum atomic E-state index is -0.138. The van der Waals surface area contributed by atoms with Crippen molar-refractivity contribution in [3.63, 3.8) is 0 Å². The van der Waals surface area contributed by atoms with Gasteiger partial charge in [0.25, 0.3) is 0 Å². The van der Waals surface area contributed by atoms with Crippen LogP contribution in [0.5, 0.6) is 0 Å². The summed E-state index contributed by atoms with van der Waals surface area (Å²) < 4.78 is 5.30. The minimum absolute atomic E-state index is 0.132. The lowest BCUT2D eigenvalue weighted by molar-refractivity contribution is -0.0166. The molecule has 0 amide bonds. The molecule has 0 radical (unpaired) electrons. The molecule has 3 N–H and O–H groups in total. The topological polar surface area (TPSA) is 50.5 Å². The van der Waals surface area contributed by atoms with Crippen LogP contribution in [0.2, 0.25) is 0 Å². The molecule has 0 bridgehead atoms. The number of ether oxygens (including phenoxy) is 1. The van der Waals surface area contributed by atoms with Gasteiger partial charge in [-0.05, 0) is 13.8 Å². The van der Waals surface area contributed by atoms with Crippen LogP contribution in [0.1, 0.15) is 13.8 Å². The Morgan fingerprint density at radius 2 is 2.07 bits per heavy atom. The largest absolute Gasteiger partial charge is 0.379 e. The monoisotopic (exact) mass is 197 g/mol. The summed E-state index contributed by atoms with van der Waals surface area (Å²) in [6.07, 6.45) is 5.43. The Balaban J connectivity index is 2.66. The van der Waals surface area contributed by atoms with Crippen molar-refractivity contribution in [1.82, 2.24) is 10.3 Å². The molecule has 1 atom stereocenters. The van der Waals surface area contributed by atoms with E-state index in [0.29, 0.717) is 0 Å². The smallest absolute Gasteiger partial charge is 0.0992 e. The van der Waals surface area contributed by atoms with E-state index in [-0.39, 0.29) is 11.6 Å². The van der Waals surface area contributed by atoms with Gasteiger partial charge in [0.1, 0.15) is 0 Å². The van der Waals surface area contributed by atoms with Gasteiger partial charge in [0, 0.05) is 18.6 Å². The maximum atomic E-state index is 5.43. The Hall–Kier alpha value is -0.600. The van der Waals surface area contributed by atoms with Gasteiger partial charge >= 0.3 is 0 Å². The third-order valence-corrected chi connectivity index (χ3v) is 2.87. The van der Waals surface area contributed by atoms with Crippen LogP contribution >= 0.6 is 0 Å². The van der Waals surface area contributed by atoms with Crippen LogP contribution in [0.3, 0.4) is 0 Å². The first-order valence-corrected chi connectivity index (χ1v) is 4.88. The van der Waals surface area contributed by atoms with Gasteiger partial charge in [-0.3, -0.25) is 10.7 Å². The number of hydrazine groups is 1. The van der Waals surface area contributed by atoms with Crippen molar-refractivity contribution >= 4 is 0 Å². The number of nitrogens with zero attached hydrogens (tertiary/aromatic N) is 1. The van der Waals surface area contributed by atoms with Crippen molar-refractivity contribution in [3.8, 4) is 12.3 Å². The van der Waals surface area contributed by atoms with Gasteiger partial charge in [0.2, 0.25) is 0 Å². The minimum Gasteiger partial charge on any atom is -0.379 e. The zero-order valence-electron chi connectivity index (χ0n) is 8.92. The molecule has 1 fully saturated rings. The second-order valence-corrected chi connectivity index (χ2v) is 4.02. The highest BCUT2D eigenvalue weighted by atomic mass is 16.5. The molecule has 0 aliphatic carbocycles. The van der Waals surface area contributed by atoms with Crippen LogP contribution in [0.15, 0.2) is 0 Å². The third-order valence-electron chi connectivity index (χ3n) is 2.87. The average Bonchev–Trinajstić information content (AvgIpc) is 2.20. The standard InChI is InChI=1S/C10H19N3O/c1-4-9(12-11)10(2,3)13-5-7-14-8-6-13/h1,9,12H,5-8,11H2,2-3H3. The normalized spacial score (nSPS) is 21.6. The molecule has 4 heteroatoms. The zero-order valence-corrected chi connectivity index (χ0v) is 8.92. The van der Waals surface area contributed by atoms with Gasteiger partial charge in [-0.25, -0.2) is 5.43 Å². The summed E-state index contributed by atoms with van der Waals surface area (Å²) in [5.41, 5.74) is 2.54. The second-order valence-electron chi connectivity index (χ2n) is 4.02. The van der Waals surface area contributed by atoms with Crippen LogP contribution in [0.4, 0.5) is 0 Å². The molecule has 0 aromatic rings. The fourth-order valence-electron chi connectivity index (χ4n) is 1.78. The molecule has 14 heavy (non-hydrogen) atoms. The number of hydrogen-bond acceptors (Lipinski definition) is 4. The van der Waals surface area contributed by atoms with Gasteiger partial charge in [-0.15, -0.1) is 6.42 Å². The zero-order chi connectivity index (χ0) is 10.6. The van der Waals surface area contributed by atoms with E-state index in [4.69, 9.17) is 17.0 Å². The summed E-state index contributed by atoms with van der Waals surface area (Å²) in [5, 5.41) is 0. The summed E-state index contributed by atoms with van der Waals surface area (Å²) in [7, 11) is 0. The predicted molar refractivity (Wildman–Crippen MR) is 56.4 cm³/mol. The molecule has 1 heterocycles. The maximum absolute atomic E-state index is 5.43. The van der Waals surface area contributed by atoms with E-state index in [1.165, 1.54) is 0 Å². The van der Waals surface area contributed by atoms with Crippen LogP contribution in [0.25, 0.3) is 0 Å². The molecular weight excluding hydrogens is 178 g/mol. The van der Waals surface area contributed by atoms with Crippen molar-refractivity contribution in [2.75, 3.05) is 26.3 Å². The van der Waals surface area contributed by atoms with E-state index in [1.807, 2.05) is 0 Å². The van der Waals surface area contributed by atoms with Gasteiger partial charge in [0.15, 0.2) is 0 Å². The predicted octanol–water partition coefficient (Wildman–Crippen LogP) is -0.438. The molecule has 0 aromatic heterocycles. The second kappa shape index (κ2) is 4.76. The highest BCUT2D eigenvalue weighted by Gasteiger charge is 2.34. The van der Waals surface area contributed by atoms with Crippen LogP contribution < -0.4 is 11.3 Å². The molecule has 0 aromatic carbocycles. The van der Waals surface area contributed by atoms with Gasteiger partial charge in [0.05, 0.1) is 19.3 Å². The lowest BCUT2D eigenvalue weighted by atomic mass is 9.93. The number of hydrogen-bond donors (Lipinski definition) is 2. The molecule has 1 aliphatic rings. The highest BCUT2D eigenvalue weighted by Crippen LogP contribution is 2.19. The number of terminal acetylenes is 1. The van der Waals surface area contributed by atoms with Crippen molar-refractivity contribution in [1.29, 1.82) is 0 Å². The van der Waals surface area contributed by atoms with Crippen LogP contribution in [-0.4, -0.2) is 42.8 Å². The molecule has 1 aliphatic heterocycles. The van der Waals surface area contributed by atoms with Crippen molar-refractivity contribution in [2.45, 2.75) is 25.4 Å². The summed E-state index contributed by atoms with van der Waals surface area (Å²) in [6.45, 7) is 7.56. The molecule has 1 unspecified atom stereocenters. The number of nitrogens with two attached hydrogens (primary N) is 1. The fourth-order valence-corrected chi connectivity index (χ4v) is 1.78. The number of morpholine rings is 1. The lowest BCUT2D eigenvalue weighted by Gasteiger charge is -2.43. The summed E-state index contributed by atoms with van der Waals surface area (Å²) >= 11 is 0. The molecule has 0 spiro atoms. The SMILES string of the molecule is C#CC(NN)C(C)(C)N1CCOCC1. The molecule has 80 valence electrons. The average molecular weight is 197 g/mol. The fraction of sp³-hybridized carbons (Fsp3) is 0.800. The molecular formula is C10H19N3O. The molecule has 4 nitrogen and oxygen atoms in total. The number of rotatable bonds is 3. The van der Waals surface area contributed by atoms with E-state index >= 15 is 0 Å². The summed E-state index contributed by atoms with van der Waals surface area (Å²) in [5.74, 6) is 8.10. The molecule has 1 saturated heterocycles. The lowest BCUT2D eigenvalue weighted by Crippen LogP contribution is -2.61. The Bertz CT molecular complexity index is 216. The van der Waals surface area contributed by atoms with E-state index in [1.54, 1.807) is 0 Å². The first kappa shape index (κ1) is 11.5. The van der Waals surface area contributed by atoms with E-state index in [0.717, 1.165) is 26.3 Å². The van der Waals surface area contributed by atoms with E-state index in [9.17, 15) is 0 Å². The summed E-state index contributed by atoms with van der Waals surface area (Å²) in [4.78, 5) is 2.31. The van der Waals surface area contributed by atoms with Gasteiger partial charge in [-0.2, -0.15) is 0 Å². The van der Waals surface area contributed by atoms with Gasteiger partial charge < -0.3 is 4.74 Å². The van der Waals surface area contributed by atoms with Crippen molar-refractivity contribution in [3.05, 3.63) is 0 Å². The van der Waals surface area contributed by atoms with Crippen molar-refractivity contribution in [2.24, 2.45) is 5.84 Å². The molecule has 0 saturated carbocycles. The van der Waals surface area contributed by atoms with E-state index < -0.39 is 0 Å². The number of nitrogens with one attached hydrogen (secondary N) is 1. The highest BCUT2D eigenvalue weighted by molar-refractivity contribution is 5.10. The third kappa shape index (κ3) is 2.25. The maximum Gasteiger partial charge on any atom is 0.0992 e. The van der Waals surface area contributed by atoms with E-state index in [2.05, 4.69) is 30.1 Å². The molecule has 1 rings (SSSR count). The Labute approximate surface area is 85.8 Å². The van der Waals surface area contributed by atoms with Gasteiger partial charge in [-0.1, -0.05) is 5.92 Å². The first-order chi connectivity index (χ1) is 6.62. The van der Waals surface area contributed by atoms with Crippen LogP contribution in [0, 0.1) is 12.3 Å². The van der Waals surface area contributed by atoms with Crippen LogP contribution in [-0.2, 0) is 4.74 Å². The Kier molecular flexibility index (Phi) is 3.90. The Morgan fingerprint density at radius 1 is 1.50 bits per heavy atom. The van der Waals surface area contributed by atoms with Crippen molar-refractivity contribution < 1.29 is 4.74 Å². The Morgan fingerprint density at radius 3 is 2.50 bits per heavy atom. The first-order valence-electron chi connectivity index (χ1n) is 4.88. The summed E-state index contributed by atoms with van der Waals surface area (Å²) in [6, 6.07) is -0.138. The quantitative estimate of drug-likeness (QED) is 0.366.